The van der Waals surface area contributed by atoms with E-state index >= 15 is 0 Å². The van der Waals surface area contributed by atoms with Crippen molar-refractivity contribution in [3.8, 4) is 11.5 Å². The molecular weight excluding hydrogens is 495 g/mol. The quantitative estimate of drug-likeness (QED) is 0.279. The number of halogens is 1. The topological polar surface area (TPSA) is 75.9 Å². The molecule has 1 heterocycles. The van der Waals surface area contributed by atoms with Crippen LogP contribution in [0.2, 0.25) is 0 Å². The molecule has 0 aliphatic carbocycles. The van der Waals surface area contributed by atoms with Gasteiger partial charge in [-0.25, -0.2) is 0 Å². The molecule has 0 bridgehead atoms. The van der Waals surface area contributed by atoms with Crippen LogP contribution < -0.4 is 20.1 Å². The summed E-state index contributed by atoms with van der Waals surface area (Å²) in [5, 5.41) is 11.0. The largest absolute Gasteiger partial charge is 0.493 e. The van der Waals surface area contributed by atoms with Gasteiger partial charge in [-0.2, -0.15) is 5.10 Å². The van der Waals surface area contributed by atoms with Crippen molar-refractivity contribution in [1.29, 1.82) is 0 Å². The number of likely N-dealkylation sites (N-methyl/N-ethyl adjacent to an activating group) is 1. The SMILES string of the molecule is CCNC(=NCC(c1cnn(C)c1)N(C)C)NCCc1ccc(OC)c(OC)c1.I. The molecule has 168 valence electrons. The lowest BCUT2D eigenvalue weighted by Gasteiger charge is -2.22. The number of aryl methyl sites for hydroxylation is 1. The van der Waals surface area contributed by atoms with Crippen LogP contribution in [0.4, 0.5) is 0 Å². The van der Waals surface area contributed by atoms with Crippen molar-refractivity contribution in [2.75, 3.05) is 47.9 Å². The van der Waals surface area contributed by atoms with Gasteiger partial charge < -0.3 is 25.0 Å². The Morgan fingerprint density at radius 2 is 1.93 bits per heavy atom. The van der Waals surface area contributed by atoms with Crippen LogP contribution in [-0.4, -0.2) is 68.6 Å². The zero-order chi connectivity index (χ0) is 21.2. The third kappa shape index (κ3) is 7.67. The fourth-order valence-corrected chi connectivity index (χ4v) is 3.06. The lowest BCUT2D eigenvalue weighted by molar-refractivity contribution is 0.306. The highest BCUT2D eigenvalue weighted by atomic mass is 127. The fraction of sp³-hybridized carbons (Fsp3) is 0.524. The number of guanidine groups is 1. The number of nitrogens with one attached hydrogen (secondary N) is 2. The first kappa shape index (κ1) is 26.0. The summed E-state index contributed by atoms with van der Waals surface area (Å²) in [6, 6.07) is 6.17. The van der Waals surface area contributed by atoms with Crippen LogP contribution >= 0.6 is 24.0 Å². The standard InChI is InChI=1S/C21H34N6O2.HI/c1-7-22-21(24-14-18(26(2)3)17-13-25-27(4)15-17)23-11-10-16-8-9-19(28-5)20(12-16)29-6;/h8-9,12-13,15,18H,7,10-11,14H2,1-6H3,(H2,22,23,24);1H. The molecule has 9 heteroatoms. The molecule has 0 radical (unpaired) electrons. The Balaban J connectivity index is 0.00000450. The number of hydrogen-bond acceptors (Lipinski definition) is 5. The van der Waals surface area contributed by atoms with Crippen LogP contribution in [0, 0.1) is 0 Å². The van der Waals surface area contributed by atoms with Gasteiger partial charge in [-0.3, -0.25) is 9.67 Å². The number of rotatable bonds is 10. The summed E-state index contributed by atoms with van der Waals surface area (Å²) < 4.78 is 12.5. The van der Waals surface area contributed by atoms with Gasteiger partial charge in [-0.1, -0.05) is 6.07 Å². The van der Waals surface area contributed by atoms with Crippen molar-refractivity contribution in [2.45, 2.75) is 19.4 Å². The maximum absolute atomic E-state index is 5.38. The molecular formula is C21H35IN6O2. The molecule has 2 aromatic rings. The third-order valence-electron chi connectivity index (χ3n) is 4.65. The summed E-state index contributed by atoms with van der Waals surface area (Å²) in [5.41, 5.74) is 2.33. The smallest absolute Gasteiger partial charge is 0.191 e. The Morgan fingerprint density at radius 3 is 2.50 bits per heavy atom. The van der Waals surface area contributed by atoms with Gasteiger partial charge in [0, 0.05) is 31.9 Å². The summed E-state index contributed by atoms with van der Waals surface area (Å²) in [6.45, 7) is 4.28. The second-order valence-corrected chi connectivity index (χ2v) is 7.01. The number of aliphatic imine (C=N–C) groups is 1. The lowest BCUT2D eigenvalue weighted by Crippen LogP contribution is -2.39. The van der Waals surface area contributed by atoms with Crippen LogP contribution in [0.5, 0.6) is 11.5 Å². The molecule has 0 saturated carbocycles. The number of methoxy groups -OCH3 is 2. The number of nitrogens with zero attached hydrogens (tertiary/aromatic N) is 4. The first-order valence-electron chi connectivity index (χ1n) is 9.86. The number of hydrogen-bond donors (Lipinski definition) is 2. The number of aromatic nitrogens is 2. The van der Waals surface area contributed by atoms with Crippen LogP contribution in [0.25, 0.3) is 0 Å². The van der Waals surface area contributed by atoms with E-state index in [1.54, 1.807) is 14.2 Å². The monoisotopic (exact) mass is 530 g/mol. The minimum absolute atomic E-state index is 0. The molecule has 0 amide bonds. The van der Waals surface area contributed by atoms with Gasteiger partial charge in [-0.05, 0) is 45.1 Å². The zero-order valence-corrected chi connectivity index (χ0v) is 21.1. The van der Waals surface area contributed by atoms with Gasteiger partial charge in [-0.15, -0.1) is 24.0 Å². The summed E-state index contributed by atoms with van der Waals surface area (Å²) in [6.07, 6.45) is 4.79. The highest BCUT2D eigenvalue weighted by molar-refractivity contribution is 14.0. The summed E-state index contributed by atoms with van der Waals surface area (Å²) in [5.74, 6) is 2.30. The first-order valence-corrected chi connectivity index (χ1v) is 9.86. The van der Waals surface area contributed by atoms with Crippen molar-refractivity contribution >= 4 is 29.9 Å². The molecule has 2 rings (SSSR count). The van der Waals surface area contributed by atoms with E-state index in [-0.39, 0.29) is 30.0 Å². The Morgan fingerprint density at radius 1 is 1.20 bits per heavy atom. The highest BCUT2D eigenvalue weighted by Gasteiger charge is 2.15. The molecule has 8 nitrogen and oxygen atoms in total. The van der Waals surface area contributed by atoms with Crippen molar-refractivity contribution in [1.82, 2.24) is 25.3 Å². The van der Waals surface area contributed by atoms with E-state index in [0.717, 1.165) is 42.5 Å². The van der Waals surface area contributed by atoms with Crippen molar-refractivity contribution < 1.29 is 9.47 Å². The molecule has 1 unspecified atom stereocenters. The molecule has 30 heavy (non-hydrogen) atoms. The fourth-order valence-electron chi connectivity index (χ4n) is 3.06. The molecule has 1 aromatic carbocycles. The molecule has 1 atom stereocenters. The molecule has 0 spiro atoms. The van der Waals surface area contributed by atoms with Crippen LogP contribution in [-0.2, 0) is 13.5 Å². The van der Waals surface area contributed by atoms with E-state index < -0.39 is 0 Å². The van der Waals surface area contributed by atoms with Crippen molar-refractivity contribution in [3.63, 3.8) is 0 Å². The van der Waals surface area contributed by atoms with Crippen LogP contribution in [0.1, 0.15) is 24.1 Å². The van der Waals surface area contributed by atoms with E-state index in [9.17, 15) is 0 Å². The first-order chi connectivity index (χ1) is 14.0. The van der Waals surface area contributed by atoms with Gasteiger partial charge >= 0.3 is 0 Å². The normalized spacial score (nSPS) is 12.3. The van der Waals surface area contributed by atoms with Gasteiger partial charge in [0.15, 0.2) is 17.5 Å². The number of ether oxygens (including phenoxy) is 2. The Hall–Kier alpha value is -2.01. The van der Waals surface area contributed by atoms with Crippen molar-refractivity contribution in [2.24, 2.45) is 12.0 Å². The summed E-state index contributed by atoms with van der Waals surface area (Å²) in [4.78, 5) is 6.94. The minimum atomic E-state index is 0. The van der Waals surface area contributed by atoms with Crippen molar-refractivity contribution in [3.05, 3.63) is 41.7 Å². The van der Waals surface area contributed by atoms with E-state index in [1.807, 2.05) is 36.3 Å². The minimum Gasteiger partial charge on any atom is -0.493 e. The second kappa shape index (κ2) is 13.3. The van der Waals surface area contributed by atoms with Crippen LogP contribution in [0.15, 0.2) is 35.6 Å². The average molecular weight is 530 g/mol. The Kier molecular flexibility index (Phi) is 11.6. The predicted octanol–water partition coefficient (Wildman–Crippen LogP) is 2.46. The maximum atomic E-state index is 5.38. The molecule has 0 saturated heterocycles. The molecule has 0 aliphatic rings. The second-order valence-electron chi connectivity index (χ2n) is 7.01. The van der Waals surface area contributed by atoms with E-state index in [4.69, 9.17) is 14.5 Å². The summed E-state index contributed by atoms with van der Waals surface area (Å²) >= 11 is 0. The maximum Gasteiger partial charge on any atom is 0.191 e. The average Bonchev–Trinajstić information content (AvgIpc) is 3.13. The van der Waals surface area contributed by atoms with Gasteiger partial charge in [0.1, 0.15) is 0 Å². The Labute approximate surface area is 197 Å². The van der Waals surface area contributed by atoms with Crippen LogP contribution in [0.3, 0.4) is 0 Å². The van der Waals surface area contributed by atoms with Gasteiger partial charge in [0.2, 0.25) is 0 Å². The van der Waals surface area contributed by atoms with Gasteiger partial charge in [0.25, 0.3) is 0 Å². The zero-order valence-electron chi connectivity index (χ0n) is 18.8. The highest BCUT2D eigenvalue weighted by Crippen LogP contribution is 2.27. The molecule has 0 aliphatic heterocycles. The van der Waals surface area contributed by atoms with E-state index in [0.29, 0.717) is 6.54 Å². The van der Waals surface area contributed by atoms with E-state index in [1.165, 1.54) is 5.56 Å². The third-order valence-corrected chi connectivity index (χ3v) is 4.65. The number of benzene rings is 1. The summed E-state index contributed by atoms with van der Waals surface area (Å²) in [7, 11) is 9.35. The molecule has 2 N–H and O–H groups in total. The lowest BCUT2D eigenvalue weighted by atomic mass is 10.1. The predicted molar refractivity (Wildman–Crippen MR) is 132 cm³/mol. The van der Waals surface area contributed by atoms with E-state index in [2.05, 4.69) is 47.7 Å². The molecule has 0 fully saturated rings. The molecule has 1 aromatic heterocycles. The Bertz CT molecular complexity index is 794. The van der Waals surface area contributed by atoms with Gasteiger partial charge in [0.05, 0.1) is 33.0 Å².